The zero-order valence-corrected chi connectivity index (χ0v) is 16.7. The molecule has 7 heteroatoms. The molecule has 4 aromatic rings. The highest BCUT2D eigenvalue weighted by molar-refractivity contribution is 6.03. The molecule has 2 aromatic carbocycles. The lowest BCUT2D eigenvalue weighted by atomic mass is 10.1. The summed E-state index contributed by atoms with van der Waals surface area (Å²) < 4.78 is 18.0. The number of hydrogen-bond donors (Lipinski definition) is 1. The van der Waals surface area contributed by atoms with Crippen LogP contribution in [0.25, 0.3) is 23.0 Å². The van der Waals surface area contributed by atoms with Crippen molar-refractivity contribution in [3.8, 4) is 28.5 Å². The van der Waals surface area contributed by atoms with E-state index in [1.54, 1.807) is 13.2 Å². The summed E-state index contributed by atoms with van der Waals surface area (Å²) in [6.07, 6.45) is 7.07. The van der Waals surface area contributed by atoms with Gasteiger partial charge in [0.1, 0.15) is 11.4 Å². The van der Waals surface area contributed by atoms with Gasteiger partial charge in [0.2, 0.25) is 12.7 Å². The van der Waals surface area contributed by atoms with Crippen LogP contribution in [-0.2, 0) is 4.79 Å². The molecule has 31 heavy (non-hydrogen) atoms. The molecule has 1 aliphatic heterocycles. The predicted octanol–water partition coefficient (Wildman–Crippen LogP) is 4.39. The Balaban J connectivity index is 1.37. The van der Waals surface area contributed by atoms with Crippen molar-refractivity contribution in [2.24, 2.45) is 0 Å². The van der Waals surface area contributed by atoms with Gasteiger partial charge in [0.15, 0.2) is 11.5 Å². The van der Waals surface area contributed by atoms with Crippen LogP contribution in [0.15, 0.2) is 73.1 Å². The second-order valence-electron chi connectivity index (χ2n) is 6.94. The largest absolute Gasteiger partial charge is 0.495 e. The van der Waals surface area contributed by atoms with E-state index >= 15 is 0 Å². The van der Waals surface area contributed by atoms with Crippen LogP contribution in [0, 0.1) is 0 Å². The summed E-state index contributed by atoms with van der Waals surface area (Å²) in [5.74, 6) is 1.67. The van der Waals surface area contributed by atoms with Crippen molar-refractivity contribution in [2.75, 3.05) is 19.2 Å². The second kappa shape index (κ2) is 7.87. The average Bonchev–Trinajstić information content (AvgIpc) is 3.44. The van der Waals surface area contributed by atoms with Gasteiger partial charge in [0, 0.05) is 24.0 Å². The van der Waals surface area contributed by atoms with Crippen LogP contribution in [0.5, 0.6) is 17.2 Å². The van der Waals surface area contributed by atoms with E-state index < -0.39 is 0 Å². The molecule has 0 spiro atoms. The number of fused-ring (bicyclic) bond motifs is 2. The normalized spacial score (nSPS) is 12.4. The van der Waals surface area contributed by atoms with E-state index in [0.29, 0.717) is 22.9 Å². The molecule has 0 aliphatic carbocycles. The first-order valence-electron chi connectivity index (χ1n) is 9.70. The fourth-order valence-electron chi connectivity index (χ4n) is 3.40. The maximum Gasteiger partial charge on any atom is 0.248 e. The molecule has 1 amide bonds. The van der Waals surface area contributed by atoms with E-state index in [0.717, 1.165) is 22.5 Å². The summed E-state index contributed by atoms with van der Waals surface area (Å²) in [6.45, 7) is 0.214. The lowest BCUT2D eigenvalue weighted by Crippen LogP contribution is -2.09. The fourth-order valence-corrected chi connectivity index (χ4v) is 3.40. The molecule has 3 heterocycles. The maximum absolute atomic E-state index is 12.5. The van der Waals surface area contributed by atoms with Gasteiger partial charge in [0.05, 0.1) is 18.5 Å². The number of imidazole rings is 1. The number of ether oxygens (including phenoxy) is 3. The molecule has 2 aromatic heterocycles. The molecule has 0 radical (unpaired) electrons. The van der Waals surface area contributed by atoms with Crippen LogP contribution >= 0.6 is 0 Å². The fraction of sp³-hybridized carbons (Fsp3) is 0.0833. The molecule has 0 bridgehead atoms. The first kappa shape index (κ1) is 18.7. The summed E-state index contributed by atoms with van der Waals surface area (Å²) in [6, 6.07) is 16.9. The van der Waals surface area contributed by atoms with Crippen molar-refractivity contribution in [3.05, 3.63) is 78.6 Å². The SMILES string of the molecule is COc1ccc(-c2cn3ccccc3n2)cc1NC(=O)/C=C/c1ccc2c(c1)OCO2. The van der Waals surface area contributed by atoms with Gasteiger partial charge in [-0.3, -0.25) is 4.79 Å². The summed E-state index contributed by atoms with van der Waals surface area (Å²) in [5, 5.41) is 2.89. The minimum atomic E-state index is -0.275. The van der Waals surface area contributed by atoms with Gasteiger partial charge < -0.3 is 23.9 Å². The summed E-state index contributed by atoms with van der Waals surface area (Å²) in [7, 11) is 1.57. The molecule has 1 aliphatic rings. The van der Waals surface area contributed by atoms with Gasteiger partial charge in [-0.1, -0.05) is 12.1 Å². The van der Waals surface area contributed by atoms with E-state index in [-0.39, 0.29) is 12.7 Å². The van der Waals surface area contributed by atoms with Crippen LogP contribution in [0.2, 0.25) is 0 Å². The Morgan fingerprint density at radius 2 is 2.03 bits per heavy atom. The van der Waals surface area contributed by atoms with E-state index in [2.05, 4.69) is 10.3 Å². The van der Waals surface area contributed by atoms with Gasteiger partial charge in [0.25, 0.3) is 0 Å². The van der Waals surface area contributed by atoms with Gasteiger partial charge in [-0.2, -0.15) is 0 Å². The van der Waals surface area contributed by atoms with Gasteiger partial charge >= 0.3 is 0 Å². The first-order chi connectivity index (χ1) is 15.2. The van der Waals surface area contributed by atoms with E-state index in [1.807, 2.05) is 71.4 Å². The Morgan fingerprint density at radius 1 is 1.13 bits per heavy atom. The monoisotopic (exact) mass is 413 g/mol. The number of benzene rings is 2. The number of rotatable bonds is 5. The Bertz CT molecular complexity index is 1280. The number of carbonyl (C=O) groups excluding carboxylic acids is 1. The van der Waals surface area contributed by atoms with Crippen molar-refractivity contribution < 1.29 is 19.0 Å². The Hall–Kier alpha value is -4.26. The van der Waals surface area contributed by atoms with Crippen molar-refractivity contribution in [1.82, 2.24) is 9.38 Å². The zero-order valence-electron chi connectivity index (χ0n) is 16.7. The summed E-state index contributed by atoms with van der Waals surface area (Å²) in [5.41, 5.74) is 3.94. The number of methoxy groups -OCH3 is 1. The average molecular weight is 413 g/mol. The van der Waals surface area contributed by atoms with Gasteiger partial charge in [-0.05, 0) is 54.1 Å². The quantitative estimate of drug-likeness (QED) is 0.491. The number of aromatic nitrogens is 2. The Morgan fingerprint density at radius 3 is 2.90 bits per heavy atom. The van der Waals surface area contributed by atoms with Crippen LogP contribution in [0.4, 0.5) is 5.69 Å². The van der Waals surface area contributed by atoms with Crippen LogP contribution in [0.3, 0.4) is 0 Å². The van der Waals surface area contributed by atoms with E-state index in [4.69, 9.17) is 14.2 Å². The highest BCUT2D eigenvalue weighted by Crippen LogP contribution is 2.33. The molecular formula is C24H19N3O4. The minimum Gasteiger partial charge on any atom is -0.495 e. The van der Waals surface area contributed by atoms with Crippen molar-refractivity contribution in [2.45, 2.75) is 0 Å². The number of amides is 1. The molecule has 1 N–H and O–H groups in total. The highest BCUT2D eigenvalue weighted by Gasteiger charge is 2.13. The molecule has 0 saturated heterocycles. The van der Waals surface area contributed by atoms with Gasteiger partial charge in [-0.25, -0.2) is 4.98 Å². The molecule has 0 fully saturated rings. The molecule has 154 valence electrons. The third-order valence-corrected chi connectivity index (χ3v) is 4.94. The Kier molecular flexibility index (Phi) is 4.76. The molecule has 5 rings (SSSR count). The smallest absolute Gasteiger partial charge is 0.248 e. The van der Waals surface area contributed by atoms with Crippen molar-refractivity contribution in [3.63, 3.8) is 0 Å². The molecular weight excluding hydrogens is 394 g/mol. The summed E-state index contributed by atoms with van der Waals surface area (Å²) >= 11 is 0. The van der Waals surface area contributed by atoms with Crippen LogP contribution < -0.4 is 19.5 Å². The lowest BCUT2D eigenvalue weighted by molar-refractivity contribution is -0.111. The summed E-state index contributed by atoms with van der Waals surface area (Å²) in [4.78, 5) is 17.2. The minimum absolute atomic E-state index is 0.214. The molecule has 0 unspecified atom stereocenters. The number of hydrogen-bond acceptors (Lipinski definition) is 5. The van der Waals surface area contributed by atoms with Crippen LogP contribution in [0.1, 0.15) is 5.56 Å². The highest BCUT2D eigenvalue weighted by atomic mass is 16.7. The van der Waals surface area contributed by atoms with E-state index in [9.17, 15) is 4.79 Å². The number of nitrogens with one attached hydrogen (secondary N) is 1. The van der Waals surface area contributed by atoms with E-state index in [1.165, 1.54) is 6.08 Å². The maximum atomic E-state index is 12.5. The third-order valence-electron chi connectivity index (χ3n) is 4.94. The third kappa shape index (κ3) is 3.81. The number of carbonyl (C=O) groups is 1. The molecule has 0 saturated carbocycles. The zero-order chi connectivity index (χ0) is 21.2. The lowest BCUT2D eigenvalue weighted by Gasteiger charge is -2.10. The molecule has 0 atom stereocenters. The topological polar surface area (TPSA) is 74.1 Å². The van der Waals surface area contributed by atoms with Crippen LogP contribution in [-0.4, -0.2) is 29.2 Å². The molecule has 7 nitrogen and oxygen atoms in total. The first-order valence-corrected chi connectivity index (χ1v) is 9.70. The van der Waals surface area contributed by atoms with Crippen molar-refractivity contribution >= 4 is 23.3 Å². The Labute approximate surface area is 178 Å². The van der Waals surface area contributed by atoms with Gasteiger partial charge in [-0.15, -0.1) is 0 Å². The second-order valence-corrected chi connectivity index (χ2v) is 6.94. The standard InChI is InChI=1S/C24H19N3O4/c1-29-20-9-7-17(19-14-27-11-3-2-4-23(27)25-19)13-18(20)26-24(28)10-6-16-5-8-21-22(12-16)31-15-30-21/h2-14H,15H2,1H3,(H,26,28)/b10-6+. The van der Waals surface area contributed by atoms with Crippen molar-refractivity contribution in [1.29, 1.82) is 0 Å². The predicted molar refractivity (Wildman–Crippen MR) is 117 cm³/mol. The number of pyridine rings is 1. The number of anilines is 1. The number of nitrogens with zero attached hydrogens (tertiary/aromatic N) is 2.